The third-order valence-electron chi connectivity index (χ3n) is 6.62. The fourth-order valence-corrected chi connectivity index (χ4v) is 4.93. The van der Waals surface area contributed by atoms with Crippen molar-refractivity contribution in [2.45, 2.75) is 70.5 Å². The van der Waals surface area contributed by atoms with Crippen molar-refractivity contribution >= 4 is 23.4 Å². The molecule has 6 nitrogen and oxygen atoms in total. The van der Waals surface area contributed by atoms with Crippen molar-refractivity contribution in [3.8, 4) is 11.5 Å². The average Bonchev–Trinajstić information content (AvgIpc) is 3.36. The second-order valence-corrected chi connectivity index (χ2v) is 9.41. The van der Waals surface area contributed by atoms with Gasteiger partial charge in [0.25, 0.3) is 0 Å². The molecule has 1 atom stereocenters. The van der Waals surface area contributed by atoms with E-state index in [1.165, 1.54) is 0 Å². The Morgan fingerprint density at radius 2 is 1.82 bits per heavy atom. The lowest BCUT2D eigenvalue weighted by atomic mass is 10.0. The summed E-state index contributed by atoms with van der Waals surface area (Å²) in [6.07, 6.45) is 5.67. The second kappa shape index (κ2) is 11.6. The third kappa shape index (κ3) is 6.03. The lowest BCUT2D eigenvalue weighted by molar-refractivity contribution is -0.141. The number of halogens is 1. The summed E-state index contributed by atoms with van der Waals surface area (Å²) in [6, 6.07) is 12.9. The topological polar surface area (TPSA) is 67.9 Å². The van der Waals surface area contributed by atoms with Gasteiger partial charge < -0.3 is 19.7 Å². The SMILES string of the molecule is CCC(C(=O)NC1CCCC1)N(Cc1ccccc1Cl)C(=O)CCc1ccc2c(c1)OCCO2. The van der Waals surface area contributed by atoms with Gasteiger partial charge in [-0.3, -0.25) is 9.59 Å². The molecule has 0 saturated heterocycles. The highest BCUT2D eigenvalue weighted by atomic mass is 35.5. The highest BCUT2D eigenvalue weighted by Gasteiger charge is 2.30. The molecule has 1 unspecified atom stereocenters. The molecule has 1 aliphatic heterocycles. The molecule has 1 N–H and O–H groups in total. The van der Waals surface area contributed by atoms with Gasteiger partial charge >= 0.3 is 0 Å². The maximum absolute atomic E-state index is 13.5. The second-order valence-electron chi connectivity index (χ2n) is 9.01. The maximum Gasteiger partial charge on any atom is 0.243 e. The van der Waals surface area contributed by atoms with Crippen molar-refractivity contribution in [1.29, 1.82) is 0 Å². The van der Waals surface area contributed by atoms with Crippen molar-refractivity contribution in [2.75, 3.05) is 13.2 Å². The zero-order chi connectivity index (χ0) is 23.9. The molecule has 0 radical (unpaired) electrons. The van der Waals surface area contributed by atoms with E-state index < -0.39 is 6.04 Å². The molecule has 7 heteroatoms. The molecule has 1 saturated carbocycles. The fourth-order valence-electron chi connectivity index (χ4n) is 4.74. The van der Waals surface area contributed by atoms with Crippen LogP contribution < -0.4 is 14.8 Å². The molecular weight excluding hydrogens is 452 g/mol. The van der Waals surface area contributed by atoms with E-state index in [-0.39, 0.29) is 24.3 Å². The molecule has 2 aromatic carbocycles. The van der Waals surface area contributed by atoms with Gasteiger partial charge in [0, 0.05) is 24.0 Å². The van der Waals surface area contributed by atoms with Crippen molar-refractivity contribution in [2.24, 2.45) is 0 Å². The predicted octanol–water partition coefficient (Wildman–Crippen LogP) is 4.91. The van der Waals surface area contributed by atoms with Crippen LogP contribution in [0.5, 0.6) is 11.5 Å². The zero-order valence-corrected chi connectivity index (χ0v) is 20.5. The van der Waals surface area contributed by atoms with E-state index in [9.17, 15) is 9.59 Å². The quantitative estimate of drug-likeness (QED) is 0.549. The van der Waals surface area contributed by atoms with Gasteiger partial charge in [-0.15, -0.1) is 0 Å². The number of nitrogens with zero attached hydrogens (tertiary/aromatic N) is 1. The maximum atomic E-state index is 13.5. The minimum Gasteiger partial charge on any atom is -0.486 e. The Kier molecular flexibility index (Phi) is 8.33. The van der Waals surface area contributed by atoms with Crippen molar-refractivity contribution < 1.29 is 19.1 Å². The van der Waals surface area contributed by atoms with Crippen LogP contribution in [-0.2, 0) is 22.6 Å². The Bertz CT molecular complexity index is 1010. The zero-order valence-electron chi connectivity index (χ0n) is 19.7. The number of benzene rings is 2. The number of carbonyl (C=O) groups is 2. The molecule has 0 spiro atoms. The lowest BCUT2D eigenvalue weighted by Crippen LogP contribution is -2.51. The molecule has 2 amide bonds. The van der Waals surface area contributed by atoms with E-state index in [0.717, 1.165) is 42.6 Å². The van der Waals surface area contributed by atoms with Gasteiger partial charge in [-0.1, -0.05) is 55.6 Å². The van der Waals surface area contributed by atoms with Gasteiger partial charge in [-0.05, 0) is 55.0 Å². The van der Waals surface area contributed by atoms with E-state index >= 15 is 0 Å². The molecule has 182 valence electrons. The van der Waals surface area contributed by atoms with Gasteiger partial charge in [0.2, 0.25) is 11.8 Å². The summed E-state index contributed by atoms with van der Waals surface area (Å²) < 4.78 is 11.3. The number of nitrogens with one attached hydrogen (secondary N) is 1. The van der Waals surface area contributed by atoms with Gasteiger partial charge in [0.1, 0.15) is 19.3 Å². The van der Waals surface area contributed by atoms with Crippen molar-refractivity contribution in [1.82, 2.24) is 10.2 Å². The fraction of sp³-hybridized carbons (Fsp3) is 0.481. The number of hydrogen-bond donors (Lipinski definition) is 1. The molecule has 0 aromatic heterocycles. The van der Waals surface area contributed by atoms with Gasteiger partial charge in [0.05, 0.1) is 0 Å². The highest BCUT2D eigenvalue weighted by molar-refractivity contribution is 6.31. The predicted molar refractivity (Wildman–Crippen MR) is 132 cm³/mol. The summed E-state index contributed by atoms with van der Waals surface area (Å²) in [7, 11) is 0. The molecule has 34 heavy (non-hydrogen) atoms. The smallest absolute Gasteiger partial charge is 0.243 e. The summed E-state index contributed by atoms with van der Waals surface area (Å²) in [4.78, 5) is 28.4. The summed E-state index contributed by atoms with van der Waals surface area (Å²) in [5.74, 6) is 1.31. The molecule has 4 rings (SSSR count). The first-order valence-electron chi connectivity index (χ1n) is 12.3. The molecule has 2 aliphatic rings. The van der Waals surface area contributed by atoms with Crippen LogP contribution in [0.15, 0.2) is 42.5 Å². The van der Waals surface area contributed by atoms with Crippen LogP contribution in [0.2, 0.25) is 5.02 Å². The Morgan fingerprint density at radius 1 is 1.09 bits per heavy atom. The summed E-state index contributed by atoms with van der Waals surface area (Å²) in [5, 5.41) is 3.77. The van der Waals surface area contributed by atoms with Gasteiger partial charge in [-0.25, -0.2) is 0 Å². The number of amides is 2. The first-order valence-corrected chi connectivity index (χ1v) is 12.6. The summed E-state index contributed by atoms with van der Waals surface area (Å²) in [6.45, 7) is 3.32. The minimum absolute atomic E-state index is 0.0665. The molecule has 1 aliphatic carbocycles. The van der Waals surface area contributed by atoms with Crippen molar-refractivity contribution in [3.63, 3.8) is 0 Å². The van der Waals surface area contributed by atoms with E-state index in [1.54, 1.807) is 4.90 Å². The largest absolute Gasteiger partial charge is 0.486 e. The van der Waals surface area contributed by atoms with Gasteiger partial charge in [-0.2, -0.15) is 0 Å². The van der Waals surface area contributed by atoms with Crippen LogP contribution in [-0.4, -0.2) is 42.0 Å². The summed E-state index contributed by atoms with van der Waals surface area (Å²) >= 11 is 6.41. The van der Waals surface area contributed by atoms with Crippen molar-refractivity contribution in [3.05, 3.63) is 58.6 Å². The van der Waals surface area contributed by atoms with Crippen LogP contribution in [0.1, 0.15) is 56.6 Å². The number of fused-ring (bicyclic) bond motifs is 1. The van der Waals surface area contributed by atoms with E-state index in [1.807, 2.05) is 49.4 Å². The molecule has 1 fully saturated rings. The highest BCUT2D eigenvalue weighted by Crippen LogP contribution is 2.31. The van der Waals surface area contributed by atoms with E-state index in [4.69, 9.17) is 21.1 Å². The number of carbonyl (C=O) groups excluding carboxylic acids is 2. The first-order chi connectivity index (χ1) is 16.5. The van der Waals surface area contributed by atoms with Crippen LogP contribution in [0.25, 0.3) is 0 Å². The number of rotatable bonds is 9. The standard InChI is InChI=1S/C27H33ClN2O4/c1-2-23(27(32)29-21-8-4-5-9-21)30(18-20-7-3-6-10-22(20)28)26(31)14-12-19-11-13-24-25(17-19)34-16-15-33-24/h3,6-7,10-11,13,17,21,23H,2,4-5,8-9,12,14-16,18H2,1H3,(H,29,32). The molecule has 1 heterocycles. The van der Waals surface area contributed by atoms with E-state index in [0.29, 0.717) is 43.4 Å². The summed E-state index contributed by atoms with van der Waals surface area (Å²) in [5.41, 5.74) is 1.84. The average molecular weight is 485 g/mol. The Morgan fingerprint density at radius 3 is 2.56 bits per heavy atom. The Hall–Kier alpha value is -2.73. The van der Waals surface area contributed by atoms with Crippen LogP contribution in [0.3, 0.4) is 0 Å². The number of ether oxygens (including phenoxy) is 2. The molecular formula is C27H33ClN2O4. The molecule has 0 bridgehead atoms. The van der Waals surface area contributed by atoms with Crippen LogP contribution in [0, 0.1) is 0 Å². The first kappa shape index (κ1) is 24.4. The Balaban J connectivity index is 1.49. The minimum atomic E-state index is -0.537. The van der Waals surface area contributed by atoms with Gasteiger partial charge in [0.15, 0.2) is 11.5 Å². The van der Waals surface area contributed by atoms with Crippen LogP contribution in [0.4, 0.5) is 0 Å². The Labute approximate surface area is 206 Å². The lowest BCUT2D eigenvalue weighted by Gasteiger charge is -2.32. The number of hydrogen-bond acceptors (Lipinski definition) is 4. The van der Waals surface area contributed by atoms with E-state index in [2.05, 4.69) is 5.32 Å². The normalized spacial score (nSPS) is 16.2. The third-order valence-corrected chi connectivity index (χ3v) is 6.99. The number of aryl methyl sites for hydroxylation is 1. The monoisotopic (exact) mass is 484 g/mol. The van der Waals surface area contributed by atoms with Crippen LogP contribution >= 0.6 is 11.6 Å². The molecule has 2 aromatic rings.